The number of amides is 2. The number of sulfonamides is 1. The molecule has 0 heterocycles. The highest BCUT2D eigenvalue weighted by Crippen LogP contribution is 2.30. The van der Waals surface area contributed by atoms with Crippen molar-refractivity contribution in [2.45, 2.75) is 76.4 Å². The van der Waals surface area contributed by atoms with E-state index in [0.29, 0.717) is 5.69 Å². The van der Waals surface area contributed by atoms with Gasteiger partial charge in [-0.3, -0.25) is 13.9 Å². The third-order valence-electron chi connectivity index (χ3n) is 8.97. The number of anilines is 1. The Labute approximate surface area is 287 Å². The zero-order valence-corrected chi connectivity index (χ0v) is 29.6. The summed E-state index contributed by atoms with van der Waals surface area (Å²) in [6.45, 7) is 5.33. The van der Waals surface area contributed by atoms with Gasteiger partial charge >= 0.3 is 0 Å². The molecular formula is C38H42BrN3O4S. The van der Waals surface area contributed by atoms with Crippen molar-refractivity contribution in [2.24, 2.45) is 0 Å². The summed E-state index contributed by atoms with van der Waals surface area (Å²) in [5, 5.41) is 3.22. The molecule has 2 amide bonds. The van der Waals surface area contributed by atoms with Crippen LogP contribution in [0.5, 0.6) is 0 Å². The number of nitrogens with zero attached hydrogens (tertiary/aromatic N) is 2. The lowest BCUT2D eigenvalue weighted by Gasteiger charge is -2.34. The monoisotopic (exact) mass is 715 g/mol. The van der Waals surface area contributed by atoms with Gasteiger partial charge in [-0.05, 0) is 86.2 Å². The first-order chi connectivity index (χ1) is 22.5. The second-order valence-electron chi connectivity index (χ2n) is 12.4. The van der Waals surface area contributed by atoms with Crippen molar-refractivity contribution in [1.82, 2.24) is 10.2 Å². The maximum atomic E-state index is 14.7. The molecule has 0 radical (unpaired) electrons. The molecule has 0 bridgehead atoms. The van der Waals surface area contributed by atoms with Crippen molar-refractivity contribution < 1.29 is 18.0 Å². The Hall–Kier alpha value is -3.95. The molecule has 9 heteroatoms. The van der Waals surface area contributed by atoms with Crippen LogP contribution in [0.15, 0.2) is 106 Å². The van der Waals surface area contributed by atoms with Crippen LogP contribution in [0, 0.1) is 20.8 Å². The second-order valence-corrected chi connectivity index (χ2v) is 15.2. The summed E-state index contributed by atoms with van der Waals surface area (Å²) in [6.07, 6.45) is 4.20. The SMILES string of the molecule is Cc1ccc(S(=O)(=O)N(CC(=O)N(Cc2ccc(Br)cc2)C(Cc2ccccc2)C(=O)NC2CCCC2)c2cccc(C)c2C)cc1. The van der Waals surface area contributed by atoms with E-state index < -0.39 is 28.5 Å². The number of aryl methyl sites for hydroxylation is 2. The predicted molar refractivity (Wildman–Crippen MR) is 191 cm³/mol. The quantitative estimate of drug-likeness (QED) is 0.167. The van der Waals surface area contributed by atoms with Crippen molar-refractivity contribution in [2.75, 3.05) is 10.8 Å². The predicted octanol–water partition coefficient (Wildman–Crippen LogP) is 7.27. The number of carbonyl (C=O) groups is 2. The fraction of sp³-hybridized carbons (Fsp3) is 0.316. The Kier molecular flexibility index (Phi) is 11.2. The van der Waals surface area contributed by atoms with E-state index in [1.54, 1.807) is 41.3 Å². The summed E-state index contributed by atoms with van der Waals surface area (Å²) in [5.74, 6) is -0.696. The van der Waals surface area contributed by atoms with Gasteiger partial charge in [0, 0.05) is 23.5 Å². The van der Waals surface area contributed by atoms with Crippen LogP contribution in [0.3, 0.4) is 0 Å². The first-order valence-corrected chi connectivity index (χ1v) is 18.3. The van der Waals surface area contributed by atoms with Gasteiger partial charge in [-0.2, -0.15) is 0 Å². The Morgan fingerprint density at radius 3 is 2.15 bits per heavy atom. The molecule has 7 nitrogen and oxygen atoms in total. The molecule has 1 N–H and O–H groups in total. The Morgan fingerprint density at radius 2 is 1.49 bits per heavy atom. The molecule has 0 saturated heterocycles. The van der Waals surface area contributed by atoms with Crippen LogP contribution in [-0.2, 0) is 32.6 Å². The van der Waals surface area contributed by atoms with Gasteiger partial charge in [0.1, 0.15) is 12.6 Å². The van der Waals surface area contributed by atoms with Crippen LogP contribution in [0.2, 0.25) is 0 Å². The highest BCUT2D eigenvalue weighted by atomic mass is 79.9. The summed E-state index contributed by atoms with van der Waals surface area (Å²) < 4.78 is 30.8. The molecule has 1 saturated carbocycles. The molecule has 0 aromatic heterocycles. The molecule has 4 aromatic rings. The smallest absolute Gasteiger partial charge is 0.264 e. The average Bonchev–Trinajstić information content (AvgIpc) is 3.57. The van der Waals surface area contributed by atoms with Gasteiger partial charge in [0.25, 0.3) is 10.0 Å². The van der Waals surface area contributed by atoms with Crippen LogP contribution >= 0.6 is 15.9 Å². The van der Waals surface area contributed by atoms with Crippen LogP contribution in [-0.4, -0.2) is 43.8 Å². The molecule has 47 heavy (non-hydrogen) atoms. The fourth-order valence-corrected chi connectivity index (χ4v) is 7.80. The number of nitrogens with one attached hydrogen (secondary N) is 1. The second kappa shape index (κ2) is 15.3. The first-order valence-electron chi connectivity index (χ1n) is 16.1. The first kappa shape index (κ1) is 34.4. The maximum absolute atomic E-state index is 14.7. The van der Waals surface area contributed by atoms with E-state index in [2.05, 4.69) is 21.2 Å². The molecule has 1 atom stereocenters. The minimum atomic E-state index is -4.16. The van der Waals surface area contributed by atoms with Crippen molar-refractivity contribution in [3.05, 3.63) is 129 Å². The zero-order chi connectivity index (χ0) is 33.6. The standard InChI is InChI=1S/C38H42BrN3O4S/c1-27-16-22-34(23-17-27)47(45,46)42(35-15-9-10-28(2)29(35)3)26-37(43)41(25-31-18-20-32(39)21-19-31)36(24-30-11-5-4-6-12-30)38(44)40-33-13-7-8-14-33/h4-6,9-12,15-23,33,36H,7-8,13-14,24-26H2,1-3H3,(H,40,44). The molecule has 4 aromatic carbocycles. The molecule has 0 spiro atoms. The van der Waals surface area contributed by atoms with E-state index in [-0.39, 0.29) is 29.8 Å². The van der Waals surface area contributed by atoms with Gasteiger partial charge < -0.3 is 10.2 Å². The number of carbonyl (C=O) groups excluding carboxylic acids is 2. The number of hydrogen-bond acceptors (Lipinski definition) is 4. The van der Waals surface area contributed by atoms with E-state index >= 15 is 0 Å². The van der Waals surface area contributed by atoms with Gasteiger partial charge in [0.15, 0.2) is 0 Å². The van der Waals surface area contributed by atoms with Crippen LogP contribution in [0.1, 0.15) is 53.5 Å². The van der Waals surface area contributed by atoms with Crippen LogP contribution in [0.25, 0.3) is 0 Å². The van der Waals surface area contributed by atoms with E-state index in [9.17, 15) is 18.0 Å². The Balaban J connectivity index is 1.58. The molecule has 1 fully saturated rings. The molecule has 1 aliphatic carbocycles. The largest absolute Gasteiger partial charge is 0.352 e. The van der Waals surface area contributed by atoms with Crippen LogP contribution in [0.4, 0.5) is 5.69 Å². The van der Waals surface area contributed by atoms with Crippen LogP contribution < -0.4 is 9.62 Å². The van der Waals surface area contributed by atoms with E-state index in [1.165, 1.54) is 4.31 Å². The average molecular weight is 717 g/mol. The lowest BCUT2D eigenvalue weighted by molar-refractivity contribution is -0.140. The lowest BCUT2D eigenvalue weighted by Crippen LogP contribution is -2.54. The van der Waals surface area contributed by atoms with Gasteiger partial charge in [-0.1, -0.05) is 101 Å². The van der Waals surface area contributed by atoms with Gasteiger partial charge in [-0.15, -0.1) is 0 Å². The molecular weight excluding hydrogens is 674 g/mol. The highest BCUT2D eigenvalue weighted by molar-refractivity contribution is 9.10. The lowest BCUT2D eigenvalue weighted by atomic mass is 10.0. The van der Waals surface area contributed by atoms with E-state index in [0.717, 1.165) is 58.0 Å². The molecule has 5 rings (SSSR count). The van der Waals surface area contributed by atoms with Gasteiger partial charge in [-0.25, -0.2) is 8.42 Å². The fourth-order valence-electron chi connectivity index (χ4n) is 6.06. The highest BCUT2D eigenvalue weighted by Gasteiger charge is 2.36. The summed E-state index contributed by atoms with van der Waals surface area (Å²) in [5.41, 5.74) is 4.76. The third kappa shape index (κ3) is 8.51. The summed E-state index contributed by atoms with van der Waals surface area (Å²) in [7, 11) is -4.16. The number of benzene rings is 4. The Morgan fingerprint density at radius 1 is 0.830 bits per heavy atom. The van der Waals surface area contributed by atoms with Crippen molar-refractivity contribution in [3.63, 3.8) is 0 Å². The number of halogens is 1. The van der Waals surface area contributed by atoms with E-state index in [1.807, 2.05) is 81.4 Å². The third-order valence-corrected chi connectivity index (χ3v) is 11.3. The number of rotatable bonds is 12. The molecule has 1 aliphatic rings. The normalized spacial score (nSPS) is 14.0. The maximum Gasteiger partial charge on any atom is 0.264 e. The van der Waals surface area contributed by atoms with Crippen molar-refractivity contribution in [1.29, 1.82) is 0 Å². The van der Waals surface area contributed by atoms with Gasteiger partial charge in [0.05, 0.1) is 10.6 Å². The van der Waals surface area contributed by atoms with Crippen molar-refractivity contribution in [3.8, 4) is 0 Å². The topological polar surface area (TPSA) is 86.8 Å². The minimum absolute atomic E-state index is 0.0544. The summed E-state index contributed by atoms with van der Waals surface area (Å²) in [6, 6.07) is 28.5. The minimum Gasteiger partial charge on any atom is -0.352 e. The molecule has 1 unspecified atom stereocenters. The van der Waals surface area contributed by atoms with E-state index in [4.69, 9.17) is 0 Å². The molecule has 246 valence electrons. The number of hydrogen-bond donors (Lipinski definition) is 1. The molecule has 0 aliphatic heterocycles. The zero-order valence-electron chi connectivity index (χ0n) is 27.2. The summed E-state index contributed by atoms with van der Waals surface area (Å²) >= 11 is 3.49. The summed E-state index contributed by atoms with van der Waals surface area (Å²) in [4.78, 5) is 30.5. The van der Waals surface area contributed by atoms with Gasteiger partial charge in [0.2, 0.25) is 11.8 Å². The van der Waals surface area contributed by atoms with Crippen molar-refractivity contribution >= 4 is 43.5 Å². The Bertz CT molecular complexity index is 1790.